The molecule has 0 bridgehead atoms. The van der Waals surface area contributed by atoms with Crippen molar-refractivity contribution < 1.29 is 4.74 Å². The average molecular weight is 282 g/mol. The lowest BCUT2D eigenvalue weighted by Gasteiger charge is -2.22. The van der Waals surface area contributed by atoms with E-state index in [1.807, 2.05) is 43.8 Å². The molecule has 0 amide bonds. The first-order valence-corrected chi connectivity index (χ1v) is 7.96. The van der Waals surface area contributed by atoms with Crippen molar-refractivity contribution in [1.82, 2.24) is 5.43 Å². The Kier molecular flexibility index (Phi) is 7.28. The van der Waals surface area contributed by atoms with Crippen LogP contribution in [0.2, 0.25) is 0 Å². The summed E-state index contributed by atoms with van der Waals surface area (Å²) < 4.78 is 5.86. The molecule has 2 atom stereocenters. The van der Waals surface area contributed by atoms with Crippen LogP contribution in [0.5, 0.6) is 5.75 Å². The smallest absolute Gasteiger partial charge is 0.124 e. The lowest BCUT2D eigenvalue weighted by Crippen LogP contribution is -2.30. The van der Waals surface area contributed by atoms with Crippen molar-refractivity contribution in [2.45, 2.75) is 51.5 Å². The molecule has 0 aliphatic heterocycles. The van der Waals surface area contributed by atoms with Gasteiger partial charge in [-0.05, 0) is 26.3 Å². The van der Waals surface area contributed by atoms with Crippen molar-refractivity contribution >= 4 is 11.8 Å². The quantitative estimate of drug-likeness (QED) is 0.566. The van der Waals surface area contributed by atoms with Crippen molar-refractivity contribution in [1.29, 1.82) is 0 Å². The minimum absolute atomic E-state index is 0.119. The van der Waals surface area contributed by atoms with E-state index in [1.54, 1.807) is 0 Å². The van der Waals surface area contributed by atoms with Gasteiger partial charge in [0.1, 0.15) is 5.75 Å². The molecule has 0 saturated carbocycles. The van der Waals surface area contributed by atoms with Gasteiger partial charge in [0.2, 0.25) is 0 Å². The highest BCUT2D eigenvalue weighted by molar-refractivity contribution is 7.99. The number of hydrogen-bond acceptors (Lipinski definition) is 4. The van der Waals surface area contributed by atoms with Gasteiger partial charge < -0.3 is 4.74 Å². The van der Waals surface area contributed by atoms with Crippen molar-refractivity contribution in [2.75, 3.05) is 5.75 Å². The summed E-state index contributed by atoms with van der Waals surface area (Å²) in [5, 5.41) is 0.647. The molecule has 0 fully saturated rings. The highest BCUT2D eigenvalue weighted by Crippen LogP contribution is 2.29. The molecule has 3 nitrogen and oxygen atoms in total. The summed E-state index contributed by atoms with van der Waals surface area (Å²) in [5.41, 5.74) is 4.04. The molecule has 3 N–H and O–H groups in total. The SMILES string of the molecule is CCC(C)SCC(NN)c1ccccc1OC(C)C. The number of ether oxygens (including phenoxy) is 1. The van der Waals surface area contributed by atoms with Crippen molar-refractivity contribution in [3.05, 3.63) is 29.8 Å². The van der Waals surface area contributed by atoms with Crippen LogP contribution >= 0.6 is 11.8 Å². The molecular weight excluding hydrogens is 256 g/mol. The summed E-state index contributed by atoms with van der Waals surface area (Å²) in [7, 11) is 0. The lowest BCUT2D eigenvalue weighted by molar-refractivity contribution is 0.238. The predicted octanol–water partition coefficient (Wildman–Crippen LogP) is 3.51. The molecule has 108 valence electrons. The summed E-state index contributed by atoms with van der Waals surface area (Å²) in [6, 6.07) is 8.23. The number of nitrogens with two attached hydrogens (primary N) is 1. The maximum atomic E-state index is 5.86. The Hall–Kier alpha value is -0.710. The van der Waals surface area contributed by atoms with Crippen LogP contribution < -0.4 is 16.0 Å². The van der Waals surface area contributed by atoms with Crippen molar-refractivity contribution in [2.24, 2.45) is 5.84 Å². The highest BCUT2D eigenvalue weighted by Gasteiger charge is 2.16. The van der Waals surface area contributed by atoms with Gasteiger partial charge in [-0.15, -0.1) is 0 Å². The van der Waals surface area contributed by atoms with Gasteiger partial charge in [-0.25, -0.2) is 0 Å². The van der Waals surface area contributed by atoms with E-state index in [4.69, 9.17) is 10.6 Å². The minimum atomic E-state index is 0.119. The third kappa shape index (κ3) is 5.43. The van der Waals surface area contributed by atoms with E-state index in [1.165, 1.54) is 6.42 Å². The summed E-state index contributed by atoms with van der Waals surface area (Å²) in [6.45, 7) is 8.53. The fourth-order valence-corrected chi connectivity index (χ4v) is 2.77. The van der Waals surface area contributed by atoms with Crippen LogP contribution in [0.15, 0.2) is 24.3 Å². The molecule has 1 rings (SSSR count). The first-order valence-electron chi connectivity index (χ1n) is 6.91. The second kappa shape index (κ2) is 8.46. The van der Waals surface area contributed by atoms with Crippen LogP contribution in [0.1, 0.15) is 45.7 Å². The molecular formula is C15H26N2OS. The molecule has 0 radical (unpaired) electrons. The Morgan fingerprint density at radius 2 is 1.95 bits per heavy atom. The molecule has 1 aromatic carbocycles. The molecule has 0 spiro atoms. The Morgan fingerprint density at radius 3 is 2.53 bits per heavy atom. The number of hydrogen-bond donors (Lipinski definition) is 2. The number of thioether (sulfide) groups is 1. The zero-order chi connectivity index (χ0) is 14.3. The zero-order valence-electron chi connectivity index (χ0n) is 12.3. The predicted molar refractivity (Wildman–Crippen MR) is 84.5 cm³/mol. The van der Waals surface area contributed by atoms with Crippen LogP contribution in [-0.4, -0.2) is 17.1 Å². The average Bonchev–Trinajstić information content (AvgIpc) is 2.40. The zero-order valence-corrected chi connectivity index (χ0v) is 13.2. The lowest BCUT2D eigenvalue weighted by atomic mass is 10.1. The van der Waals surface area contributed by atoms with Gasteiger partial charge in [0.25, 0.3) is 0 Å². The van der Waals surface area contributed by atoms with E-state index >= 15 is 0 Å². The fourth-order valence-electron chi connectivity index (χ4n) is 1.74. The van der Waals surface area contributed by atoms with E-state index in [2.05, 4.69) is 25.3 Å². The maximum Gasteiger partial charge on any atom is 0.124 e. The first kappa shape index (κ1) is 16.3. The van der Waals surface area contributed by atoms with Gasteiger partial charge in [0.05, 0.1) is 12.1 Å². The van der Waals surface area contributed by atoms with Crippen LogP contribution in [0.25, 0.3) is 0 Å². The summed E-state index contributed by atoms with van der Waals surface area (Å²) in [6.07, 6.45) is 1.34. The molecule has 0 aliphatic carbocycles. The Labute approximate surface area is 121 Å². The summed E-state index contributed by atoms with van der Waals surface area (Å²) >= 11 is 1.93. The Balaban J connectivity index is 2.79. The van der Waals surface area contributed by atoms with E-state index in [0.717, 1.165) is 17.1 Å². The second-order valence-corrected chi connectivity index (χ2v) is 6.45. The van der Waals surface area contributed by atoms with Crippen LogP contribution in [0, 0.1) is 0 Å². The highest BCUT2D eigenvalue weighted by atomic mass is 32.2. The van der Waals surface area contributed by atoms with E-state index in [0.29, 0.717) is 5.25 Å². The van der Waals surface area contributed by atoms with Gasteiger partial charge in [0, 0.05) is 16.6 Å². The van der Waals surface area contributed by atoms with Gasteiger partial charge in [-0.1, -0.05) is 32.0 Å². The van der Waals surface area contributed by atoms with E-state index < -0.39 is 0 Å². The van der Waals surface area contributed by atoms with Gasteiger partial charge in [0.15, 0.2) is 0 Å². The maximum absolute atomic E-state index is 5.86. The number of benzene rings is 1. The standard InChI is InChI=1S/C15H26N2OS/c1-5-12(4)19-10-14(17-16)13-8-6-7-9-15(13)18-11(2)3/h6-9,11-12,14,17H,5,10,16H2,1-4H3. The number of rotatable bonds is 8. The van der Waals surface area contributed by atoms with Crippen LogP contribution in [0.3, 0.4) is 0 Å². The van der Waals surface area contributed by atoms with Crippen LogP contribution in [-0.2, 0) is 0 Å². The fraction of sp³-hybridized carbons (Fsp3) is 0.600. The molecule has 0 aromatic heterocycles. The van der Waals surface area contributed by atoms with Crippen LogP contribution in [0.4, 0.5) is 0 Å². The molecule has 4 heteroatoms. The molecule has 19 heavy (non-hydrogen) atoms. The minimum Gasteiger partial charge on any atom is -0.491 e. The molecule has 0 heterocycles. The van der Waals surface area contributed by atoms with Gasteiger partial charge in [-0.2, -0.15) is 11.8 Å². The molecule has 0 aliphatic rings. The van der Waals surface area contributed by atoms with E-state index in [9.17, 15) is 0 Å². The third-order valence-electron chi connectivity index (χ3n) is 2.98. The van der Waals surface area contributed by atoms with Crippen molar-refractivity contribution in [3.63, 3.8) is 0 Å². The number of hydrazine groups is 1. The molecule has 1 aromatic rings. The first-order chi connectivity index (χ1) is 9.08. The third-order valence-corrected chi connectivity index (χ3v) is 4.41. The monoisotopic (exact) mass is 282 g/mol. The number of para-hydroxylation sites is 1. The Bertz CT molecular complexity index is 371. The topological polar surface area (TPSA) is 47.3 Å². The normalized spacial score (nSPS) is 14.4. The Morgan fingerprint density at radius 1 is 1.26 bits per heavy atom. The summed E-state index contributed by atoms with van der Waals surface area (Å²) in [4.78, 5) is 0. The van der Waals surface area contributed by atoms with Crippen molar-refractivity contribution in [3.8, 4) is 5.75 Å². The van der Waals surface area contributed by atoms with Gasteiger partial charge >= 0.3 is 0 Å². The van der Waals surface area contributed by atoms with E-state index in [-0.39, 0.29) is 12.1 Å². The number of nitrogens with one attached hydrogen (secondary N) is 1. The molecule has 2 unspecified atom stereocenters. The second-order valence-electron chi connectivity index (χ2n) is 4.98. The summed E-state index contributed by atoms with van der Waals surface area (Å²) in [5.74, 6) is 7.58. The molecule has 0 saturated heterocycles. The van der Waals surface area contributed by atoms with Gasteiger partial charge in [-0.3, -0.25) is 11.3 Å². The largest absolute Gasteiger partial charge is 0.491 e.